The van der Waals surface area contributed by atoms with Gasteiger partial charge in [0.2, 0.25) is 11.8 Å². The van der Waals surface area contributed by atoms with Crippen molar-refractivity contribution in [1.29, 1.82) is 0 Å². The fraction of sp³-hybridized carbons (Fsp3) is 0.720. The SMILES string of the molecule is C=C(c1nc(NC(C)CCC)ncc1C(=NC)OCCN1CCOCC1)C1CCC(O)CC1. The highest BCUT2D eigenvalue weighted by molar-refractivity contribution is 5.98. The van der Waals surface area contributed by atoms with Gasteiger partial charge in [0.05, 0.1) is 30.6 Å². The zero-order valence-electron chi connectivity index (χ0n) is 20.6. The maximum atomic E-state index is 9.94. The predicted molar refractivity (Wildman–Crippen MR) is 133 cm³/mol. The third kappa shape index (κ3) is 7.48. The summed E-state index contributed by atoms with van der Waals surface area (Å²) in [5.74, 6) is 1.44. The van der Waals surface area contributed by atoms with Crippen molar-refractivity contribution in [2.45, 2.75) is 64.5 Å². The second kappa shape index (κ2) is 13.0. The summed E-state index contributed by atoms with van der Waals surface area (Å²) < 4.78 is 11.5. The van der Waals surface area contributed by atoms with Crippen molar-refractivity contribution in [2.24, 2.45) is 10.9 Å². The number of ether oxygens (including phenoxy) is 2. The summed E-state index contributed by atoms with van der Waals surface area (Å²) in [4.78, 5) is 16.2. The van der Waals surface area contributed by atoms with Gasteiger partial charge in [0.1, 0.15) is 6.61 Å². The molecule has 2 aliphatic rings. The molecule has 2 N–H and O–H groups in total. The first-order valence-corrected chi connectivity index (χ1v) is 12.4. The van der Waals surface area contributed by atoms with Crippen molar-refractivity contribution >= 4 is 17.4 Å². The molecule has 0 radical (unpaired) electrons. The summed E-state index contributed by atoms with van der Waals surface area (Å²) in [6, 6.07) is 0.288. The van der Waals surface area contributed by atoms with Crippen LogP contribution in [0.3, 0.4) is 0 Å². The molecule has 3 rings (SSSR count). The van der Waals surface area contributed by atoms with Gasteiger partial charge in [-0.3, -0.25) is 9.89 Å². The molecule has 184 valence electrons. The van der Waals surface area contributed by atoms with E-state index in [-0.39, 0.29) is 18.1 Å². The average Bonchev–Trinajstić information content (AvgIpc) is 2.83. The monoisotopic (exact) mass is 459 g/mol. The van der Waals surface area contributed by atoms with E-state index in [0.29, 0.717) is 18.5 Å². The number of hydrogen-bond donors (Lipinski definition) is 2. The minimum absolute atomic E-state index is 0.206. The summed E-state index contributed by atoms with van der Waals surface area (Å²) in [6.45, 7) is 13.5. The smallest absolute Gasteiger partial charge is 0.223 e. The summed E-state index contributed by atoms with van der Waals surface area (Å²) in [5.41, 5.74) is 2.55. The number of aliphatic imine (C=N–C) groups is 1. The van der Waals surface area contributed by atoms with E-state index >= 15 is 0 Å². The number of rotatable bonds is 10. The normalized spacial score (nSPS) is 23.2. The molecule has 0 aromatic carbocycles. The molecule has 0 spiro atoms. The lowest BCUT2D eigenvalue weighted by Crippen LogP contribution is -2.38. The maximum absolute atomic E-state index is 9.94. The number of aromatic nitrogens is 2. The Balaban J connectivity index is 1.77. The molecular weight excluding hydrogens is 418 g/mol. The fourth-order valence-electron chi connectivity index (χ4n) is 4.55. The number of morpholine rings is 1. The molecule has 0 bridgehead atoms. The van der Waals surface area contributed by atoms with Crippen LogP contribution in [0.2, 0.25) is 0 Å². The molecule has 0 amide bonds. The van der Waals surface area contributed by atoms with Gasteiger partial charge in [-0.2, -0.15) is 0 Å². The summed E-state index contributed by atoms with van der Waals surface area (Å²) in [5, 5.41) is 13.4. The van der Waals surface area contributed by atoms with E-state index in [4.69, 9.17) is 14.5 Å². The number of anilines is 1. The maximum Gasteiger partial charge on any atom is 0.223 e. The van der Waals surface area contributed by atoms with Crippen LogP contribution in [0, 0.1) is 5.92 Å². The Morgan fingerprint density at radius 2 is 2.06 bits per heavy atom. The first-order valence-electron chi connectivity index (χ1n) is 12.4. The van der Waals surface area contributed by atoms with E-state index in [1.54, 1.807) is 7.05 Å². The van der Waals surface area contributed by atoms with Gasteiger partial charge in [-0.1, -0.05) is 19.9 Å². The topological polar surface area (TPSA) is 92.1 Å². The number of aliphatic hydroxyl groups is 1. The van der Waals surface area contributed by atoms with E-state index in [0.717, 1.165) is 88.2 Å². The van der Waals surface area contributed by atoms with Gasteiger partial charge in [-0.25, -0.2) is 9.97 Å². The molecule has 1 atom stereocenters. The van der Waals surface area contributed by atoms with Crippen molar-refractivity contribution < 1.29 is 14.6 Å². The van der Waals surface area contributed by atoms with Crippen molar-refractivity contribution in [3.63, 3.8) is 0 Å². The number of nitrogens with zero attached hydrogens (tertiary/aromatic N) is 4. The van der Waals surface area contributed by atoms with Gasteiger partial charge in [-0.05, 0) is 50.5 Å². The third-order valence-corrected chi connectivity index (χ3v) is 6.56. The van der Waals surface area contributed by atoms with Crippen LogP contribution in [0.4, 0.5) is 5.95 Å². The molecule has 1 aromatic heterocycles. The number of allylic oxidation sites excluding steroid dienone is 1. The largest absolute Gasteiger partial charge is 0.476 e. The molecular formula is C25H41N5O3. The molecule has 1 aromatic rings. The van der Waals surface area contributed by atoms with Crippen molar-refractivity contribution in [2.75, 3.05) is 51.8 Å². The van der Waals surface area contributed by atoms with Gasteiger partial charge in [0.25, 0.3) is 0 Å². The highest BCUT2D eigenvalue weighted by Crippen LogP contribution is 2.35. The third-order valence-electron chi connectivity index (χ3n) is 6.56. The van der Waals surface area contributed by atoms with Crippen LogP contribution in [0.5, 0.6) is 0 Å². The molecule has 1 unspecified atom stereocenters. The van der Waals surface area contributed by atoms with Crippen molar-refractivity contribution in [1.82, 2.24) is 14.9 Å². The Morgan fingerprint density at radius 3 is 2.73 bits per heavy atom. The van der Waals surface area contributed by atoms with Gasteiger partial charge in [0.15, 0.2) is 0 Å². The van der Waals surface area contributed by atoms with E-state index < -0.39 is 0 Å². The van der Waals surface area contributed by atoms with Gasteiger partial charge in [0, 0.05) is 38.9 Å². The molecule has 33 heavy (non-hydrogen) atoms. The summed E-state index contributed by atoms with van der Waals surface area (Å²) in [6.07, 6.45) is 7.17. The van der Waals surface area contributed by atoms with Crippen molar-refractivity contribution in [3.05, 3.63) is 24.0 Å². The molecule has 1 saturated carbocycles. The lowest BCUT2D eigenvalue weighted by Gasteiger charge is -2.28. The van der Waals surface area contributed by atoms with Crippen LogP contribution in [0.25, 0.3) is 5.57 Å². The highest BCUT2D eigenvalue weighted by Gasteiger charge is 2.26. The van der Waals surface area contributed by atoms with Crippen molar-refractivity contribution in [3.8, 4) is 0 Å². The van der Waals surface area contributed by atoms with E-state index in [9.17, 15) is 5.11 Å². The van der Waals surface area contributed by atoms with Crippen LogP contribution in [-0.2, 0) is 9.47 Å². The average molecular weight is 460 g/mol. The minimum Gasteiger partial charge on any atom is -0.476 e. The Kier molecular flexibility index (Phi) is 10.1. The van der Waals surface area contributed by atoms with E-state index in [1.807, 2.05) is 6.20 Å². The minimum atomic E-state index is -0.206. The number of nitrogens with one attached hydrogen (secondary N) is 1. The zero-order chi connectivity index (χ0) is 23.6. The molecule has 2 heterocycles. The quantitative estimate of drug-likeness (QED) is 0.409. The lowest BCUT2D eigenvalue weighted by atomic mass is 9.81. The molecule has 1 saturated heterocycles. The predicted octanol–water partition coefficient (Wildman–Crippen LogP) is 3.37. The second-order valence-electron chi connectivity index (χ2n) is 9.15. The Labute approximate surface area is 198 Å². The van der Waals surface area contributed by atoms with Crippen LogP contribution < -0.4 is 5.32 Å². The van der Waals surface area contributed by atoms with Crippen LogP contribution in [0.1, 0.15) is 63.6 Å². The molecule has 1 aliphatic carbocycles. The van der Waals surface area contributed by atoms with Gasteiger partial charge in [-0.15, -0.1) is 0 Å². The Morgan fingerprint density at radius 1 is 1.33 bits per heavy atom. The van der Waals surface area contributed by atoms with Crippen LogP contribution in [0.15, 0.2) is 17.8 Å². The van der Waals surface area contributed by atoms with E-state index in [1.165, 1.54) is 0 Å². The Hall–Kier alpha value is -2.03. The highest BCUT2D eigenvalue weighted by atomic mass is 16.5. The first-order chi connectivity index (χ1) is 16.0. The molecule has 8 nitrogen and oxygen atoms in total. The van der Waals surface area contributed by atoms with E-state index in [2.05, 4.69) is 40.6 Å². The summed E-state index contributed by atoms with van der Waals surface area (Å²) in [7, 11) is 1.74. The fourth-order valence-corrected chi connectivity index (χ4v) is 4.55. The molecule has 2 fully saturated rings. The first kappa shape index (κ1) is 25.6. The zero-order valence-corrected chi connectivity index (χ0v) is 20.6. The van der Waals surface area contributed by atoms with Gasteiger partial charge >= 0.3 is 0 Å². The van der Waals surface area contributed by atoms with Crippen LogP contribution >= 0.6 is 0 Å². The number of aliphatic hydroxyl groups excluding tert-OH is 1. The van der Waals surface area contributed by atoms with Crippen LogP contribution in [-0.4, -0.2) is 84.5 Å². The Bertz CT molecular complexity index is 786. The van der Waals surface area contributed by atoms with Gasteiger partial charge < -0.3 is 19.9 Å². The number of hydrogen-bond acceptors (Lipinski definition) is 8. The molecule has 8 heteroatoms. The summed E-state index contributed by atoms with van der Waals surface area (Å²) >= 11 is 0. The standard InChI is InChI=1S/C25H41N5O3/c1-5-6-18(2)28-25-27-17-22(23(29-25)19(3)20-7-9-21(31)10-8-20)24(26-4)33-16-13-30-11-14-32-15-12-30/h17-18,20-21,31H,3,5-16H2,1-2,4H3,(H,27,28,29). The second-order valence-corrected chi connectivity index (χ2v) is 9.15. The molecule has 1 aliphatic heterocycles. The lowest BCUT2D eigenvalue weighted by molar-refractivity contribution is 0.0315.